The highest BCUT2D eigenvalue weighted by molar-refractivity contribution is 8.00. The van der Waals surface area contributed by atoms with Crippen LogP contribution in [0.1, 0.15) is 23.1 Å². The van der Waals surface area contributed by atoms with Crippen molar-refractivity contribution < 1.29 is 4.79 Å². The molecule has 0 saturated carbocycles. The van der Waals surface area contributed by atoms with E-state index in [1.165, 1.54) is 35.3 Å². The van der Waals surface area contributed by atoms with Crippen molar-refractivity contribution in [3.63, 3.8) is 0 Å². The summed E-state index contributed by atoms with van der Waals surface area (Å²) in [4.78, 5) is 15.3. The van der Waals surface area contributed by atoms with Crippen molar-refractivity contribution in [2.45, 2.75) is 30.7 Å². The molecule has 1 N–H and O–H groups in total. The Labute approximate surface area is 148 Å². The second kappa shape index (κ2) is 7.75. The third-order valence-corrected chi connectivity index (χ3v) is 5.38. The maximum absolute atomic E-state index is 12.1. The van der Waals surface area contributed by atoms with Crippen LogP contribution in [0.3, 0.4) is 0 Å². The van der Waals surface area contributed by atoms with Gasteiger partial charge in [-0.15, -0.1) is 11.8 Å². The first kappa shape index (κ1) is 16.9. The highest BCUT2D eigenvalue weighted by Gasteiger charge is 2.11. The Kier molecular flexibility index (Phi) is 5.46. The summed E-state index contributed by atoms with van der Waals surface area (Å²) in [7, 11) is 4.04. The number of carbonyl (C=O) groups excluding carboxylic acids is 1. The SMILES string of the molecule is CN(C)c1ccc(CNC(=O)CSc2ccc3c(c2)CCC3)cc1. The van der Waals surface area contributed by atoms with Gasteiger partial charge in [0.2, 0.25) is 5.91 Å². The first-order valence-corrected chi connectivity index (χ1v) is 9.38. The Balaban J connectivity index is 1.45. The molecule has 24 heavy (non-hydrogen) atoms. The van der Waals surface area contributed by atoms with E-state index in [2.05, 4.69) is 52.7 Å². The van der Waals surface area contributed by atoms with Gasteiger partial charge in [0, 0.05) is 31.2 Å². The fourth-order valence-electron chi connectivity index (χ4n) is 2.95. The van der Waals surface area contributed by atoms with Crippen LogP contribution < -0.4 is 10.2 Å². The molecule has 1 amide bonds. The number of fused-ring (bicyclic) bond motifs is 1. The van der Waals surface area contributed by atoms with Crippen molar-refractivity contribution >= 4 is 23.4 Å². The van der Waals surface area contributed by atoms with E-state index in [4.69, 9.17) is 0 Å². The number of amides is 1. The Hall–Kier alpha value is -1.94. The van der Waals surface area contributed by atoms with Crippen molar-refractivity contribution in [2.24, 2.45) is 0 Å². The van der Waals surface area contributed by atoms with Gasteiger partial charge in [0.1, 0.15) is 0 Å². The van der Waals surface area contributed by atoms with Gasteiger partial charge in [-0.3, -0.25) is 4.79 Å². The maximum atomic E-state index is 12.1. The molecular weight excluding hydrogens is 316 g/mol. The summed E-state index contributed by atoms with van der Waals surface area (Å²) >= 11 is 1.62. The predicted molar refractivity (Wildman–Crippen MR) is 102 cm³/mol. The van der Waals surface area contributed by atoms with Crippen molar-refractivity contribution in [3.05, 3.63) is 59.2 Å². The summed E-state index contributed by atoms with van der Waals surface area (Å²) in [6, 6.07) is 14.9. The Morgan fingerprint density at radius 2 is 1.83 bits per heavy atom. The number of hydrogen-bond acceptors (Lipinski definition) is 3. The number of carbonyl (C=O) groups is 1. The molecule has 0 aromatic heterocycles. The third kappa shape index (κ3) is 4.32. The van der Waals surface area contributed by atoms with E-state index in [-0.39, 0.29) is 5.91 Å². The van der Waals surface area contributed by atoms with E-state index in [1.807, 2.05) is 14.1 Å². The molecule has 3 nitrogen and oxygen atoms in total. The van der Waals surface area contributed by atoms with E-state index < -0.39 is 0 Å². The van der Waals surface area contributed by atoms with Crippen LogP contribution in [-0.4, -0.2) is 25.8 Å². The van der Waals surface area contributed by atoms with E-state index in [0.717, 1.165) is 11.3 Å². The normalized spacial score (nSPS) is 12.8. The minimum atomic E-state index is 0.0807. The Bertz CT molecular complexity index is 710. The van der Waals surface area contributed by atoms with Crippen LogP contribution in [0.5, 0.6) is 0 Å². The number of hydrogen-bond donors (Lipinski definition) is 1. The summed E-state index contributed by atoms with van der Waals surface area (Å²) in [5.41, 5.74) is 5.22. The minimum Gasteiger partial charge on any atom is -0.378 e. The van der Waals surface area contributed by atoms with Gasteiger partial charge in [-0.25, -0.2) is 0 Å². The summed E-state index contributed by atoms with van der Waals surface area (Å²) in [5, 5.41) is 3.00. The van der Waals surface area contributed by atoms with Gasteiger partial charge in [-0.1, -0.05) is 18.2 Å². The Morgan fingerprint density at radius 1 is 1.08 bits per heavy atom. The monoisotopic (exact) mass is 340 g/mol. The summed E-state index contributed by atoms with van der Waals surface area (Å²) in [5.74, 6) is 0.548. The molecule has 0 atom stereocenters. The van der Waals surface area contributed by atoms with E-state index in [0.29, 0.717) is 12.3 Å². The summed E-state index contributed by atoms with van der Waals surface area (Å²) in [6.45, 7) is 0.581. The van der Waals surface area contributed by atoms with Gasteiger partial charge >= 0.3 is 0 Å². The Morgan fingerprint density at radius 3 is 2.58 bits per heavy atom. The van der Waals surface area contributed by atoms with Crippen LogP contribution in [0.2, 0.25) is 0 Å². The van der Waals surface area contributed by atoms with Crippen LogP contribution in [-0.2, 0) is 24.2 Å². The van der Waals surface area contributed by atoms with Crippen molar-refractivity contribution in [2.75, 3.05) is 24.7 Å². The molecule has 0 aliphatic heterocycles. The fraction of sp³-hybridized carbons (Fsp3) is 0.350. The highest BCUT2D eigenvalue weighted by atomic mass is 32.2. The lowest BCUT2D eigenvalue weighted by Crippen LogP contribution is -2.24. The van der Waals surface area contributed by atoms with Crippen LogP contribution >= 0.6 is 11.8 Å². The number of thioether (sulfide) groups is 1. The van der Waals surface area contributed by atoms with E-state index in [9.17, 15) is 4.79 Å². The first-order valence-electron chi connectivity index (χ1n) is 8.39. The van der Waals surface area contributed by atoms with E-state index >= 15 is 0 Å². The lowest BCUT2D eigenvalue weighted by molar-refractivity contribution is -0.118. The van der Waals surface area contributed by atoms with Crippen molar-refractivity contribution in [3.8, 4) is 0 Å². The van der Waals surface area contributed by atoms with Crippen LogP contribution in [0, 0.1) is 0 Å². The van der Waals surface area contributed by atoms with Gasteiger partial charge < -0.3 is 10.2 Å². The van der Waals surface area contributed by atoms with Crippen LogP contribution in [0.4, 0.5) is 5.69 Å². The van der Waals surface area contributed by atoms with Gasteiger partial charge in [0.05, 0.1) is 5.75 Å². The molecule has 1 aliphatic rings. The number of aryl methyl sites for hydroxylation is 2. The van der Waals surface area contributed by atoms with Gasteiger partial charge in [-0.2, -0.15) is 0 Å². The fourth-order valence-corrected chi connectivity index (χ4v) is 3.74. The topological polar surface area (TPSA) is 32.3 Å². The largest absolute Gasteiger partial charge is 0.378 e. The van der Waals surface area contributed by atoms with E-state index in [1.54, 1.807) is 11.8 Å². The van der Waals surface area contributed by atoms with Crippen LogP contribution in [0.25, 0.3) is 0 Å². The molecule has 0 spiro atoms. The third-order valence-electron chi connectivity index (χ3n) is 4.38. The smallest absolute Gasteiger partial charge is 0.230 e. The predicted octanol–water partition coefficient (Wildman–Crippen LogP) is 3.65. The molecule has 0 unspecified atom stereocenters. The molecule has 0 bridgehead atoms. The van der Waals surface area contributed by atoms with Gasteiger partial charge in [0.25, 0.3) is 0 Å². The van der Waals surface area contributed by atoms with Crippen molar-refractivity contribution in [1.29, 1.82) is 0 Å². The number of benzene rings is 2. The first-order chi connectivity index (χ1) is 11.6. The number of nitrogens with one attached hydrogen (secondary N) is 1. The van der Waals surface area contributed by atoms with Crippen LogP contribution in [0.15, 0.2) is 47.4 Å². The lowest BCUT2D eigenvalue weighted by Gasteiger charge is -2.13. The molecule has 126 valence electrons. The number of nitrogens with zero attached hydrogens (tertiary/aromatic N) is 1. The molecule has 3 rings (SSSR count). The molecule has 0 radical (unpaired) electrons. The molecule has 1 aliphatic carbocycles. The zero-order chi connectivity index (χ0) is 16.9. The second-order valence-electron chi connectivity index (χ2n) is 6.41. The molecule has 0 saturated heterocycles. The molecular formula is C20H24N2OS. The lowest BCUT2D eigenvalue weighted by atomic mass is 10.1. The molecule has 0 fully saturated rings. The maximum Gasteiger partial charge on any atom is 0.230 e. The summed E-state index contributed by atoms with van der Waals surface area (Å²) < 4.78 is 0. The van der Waals surface area contributed by atoms with Gasteiger partial charge in [0.15, 0.2) is 0 Å². The quantitative estimate of drug-likeness (QED) is 0.815. The molecule has 0 heterocycles. The molecule has 4 heteroatoms. The minimum absolute atomic E-state index is 0.0807. The van der Waals surface area contributed by atoms with Crippen molar-refractivity contribution in [1.82, 2.24) is 5.32 Å². The average molecular weight is 340 g/mol. The number of anilines is 1. The molecule has 2 aromatic carbocycles. The standard InChI is InChI=1S/C20H24N2OS/c1-22(2)18-9-6-15(7-10-18)13-21-20(23)14-24-19-11-8-16-4-3-5-17(16)12-19/h6-12H,3-5,13-14H2,1-2H3,(H,21,23). The zero-order valence-electron chi connectivity index (χ0n) is 14.3. The van der Waals surface area contributed by atoms with Gasteiger partial charge in [-0.05, 0) is 60.2 Å². The average Bonchev–Trinajstić information content (AvgIpc) is 3.06. The summed E-state index contributed by atoms with van der Waals surface area (Å²) in [6.07, 6.45) is 3.64. The zero-order valence-corrected chi connectivity index (χ0v) is 15.2. The molecule has 2 aromatic rings. The second-order valence-corrected chi connectivity index (χ2v) is 7.46. The highest BCUT2D eigenvalue weighted by Crippen LogP contribution is 2.27. The number of rotatable bonds is 6.